The van der Waals surface area contributed by atoms with Gasteiger partial charge in [-0.05, 0) is 44.9 Å². The minimum Gasteiger partial charge on any atom is -0.494 e. The number of thiazole rings is 1. The van der Waals surface area contributed by atoms with Crippen molar-refractivity contribution < 1.29 is 17.5 Å². The summed E-state index contributed by atoms with van der Waals surface area (Å²) in [6, 6.07) is 3.77. The Morgan fingerprint density at radius 1 is 1.32 bits per heavy atom. The number of hydrogen-bond donors (Lipinski definition) is 0. The highest BCUT2D eigenvalue weighted by atomic mass is 32.2. The lowest BCUT2D eigenvalue weighted by molar-refractivity contribution is 0.313. The average molecular weight is 424 g/mol. The van der Waals surface area contributed by atoms with Crippen LogP contribution in [0.5, 0.6) is 5.75 Å². The van der Waals surface area contributed by atoms with Crippen molar-refractivity contribution in [3.8, 4) is 5.75 Å². The van der Waals surface area contributed by atoms with Gasteiger partial charge in [-0.3, -0.25) is 4.40 Å². The Bertz CT molecular complexity index is 1140. The van der Waals surface area contributed by atoms with E-state index in [9.17, 15) is 12.8 Å². The van der Waals surface area contributed by atoms with E-state index in [-0.39, 0.29) is 16.6 Å². The van der Waals surface area contributed by atoms with Crippen molar-refractivity contribution in [2.75, 3.05) is 20.2 Å². The lowest BCUT2D eigenvalue weighted by Crippen LogP contribution is -2.39. The highest BCUT2D eigenvalue weighted by molar-refractivity contribution is 7.89. The Labute approximate surface area is 167 Å². The molecular formula is C19H22FN3O3S2. The molecule has 0 saturated carbocycles. The number of ether oxygens (including phenoxy) is 1. The van der Waals surface area contributed by atoms with Crippen LogP contribution in [0.2, 0.25) is 0 Å². The van der Waals surface area contributed by atoms with E-state index in [1.54, 1.807) is 11.3 Å². The van der Waals surface area contributed by atoms with Gasteiger partial charge in [-0.15, -0.1) is 11.3 Å². The van der Waals surface area contributed by atoms with Gasteiger partial charge in [0.1, 0.15) is 10.7 Å². The number of hydrogen-bond acceptors (Lipinski definition) is 5. The highest BCUT2D eigenvalue weighted by Gasteiger charge is 2.33. The molecule has 0 aliphatic carbocycles. The monoisotopic (exact) mass is 423 g/mol. The molecule has 0 bridgehead atoms. The van der Waals surface area contributed by atoms with E-state index in [1.165, 1.54) is 23.5 Å². The largest absolute Gasteiger partial charge is 0.494 e. The number of fused-ring (bicyclic) bond motifs is 1. The molecule has 1 unspecified atom stereocenters. The van der Waals surface area contributed by atoms with Crippen LogP contribution in [-0.4, -0.2) is 42.3 Å². The minimum atomic E-state index is -3.79. The topological polar surface area (TPSA) is 63.9 Å². The third-order valence-corrected chi connectivity index (χ3v) is 8.19. The van der Waals surface area contributed by atoms with Crippen molar-refractivity contribution in [3.05, 3.63) is 46.6 Å². The first-order chi connectivity index (χ1) is 13.3. The number of aromatic nitrogens is 2. The van der Waals surface area contributed by atoms with E-state index in [2.05, 4.69) is 9.78 Å². The number of nitrogens with zero attached hydrogens (tertiary/aromatic N) is 3. The van der Waals surface area contributed by atoms with Gasteiger partial charge >= 0.3 is 0 Å². The molecule has 3 aromatic rings. The zero-order valence-electron chi connectivity index (χ0n) is 16.0. The maximum atomic E-state index is 14.0. The van der Waals surface area contributed by atoms with Gasteiger partial charge in [0.2, 0.25) is 10.0 Å². The number of aryl methyl sites for hydroxylation is 2. The molecule has 0 N–H and O–H groups in total. The smallest absolute Gasteiger partial charge is 0.243 e. The first-order valence-electron chi connectivity index (χ1n) is 9.09. The second kappa shape index (κ2) is 7.13. The summed E-state index contributed by atoms with van der Waals surface area (Å²) in [7, 11) is -2.44. The summed E-state index contributed by atoms with van der Waals surface area (Å²) in [6.45, 7) is 4.77. The quantitative estimate of drug-likeness (QED) is 0.642. The number of methoxy groups -OCH3 is 1. The molecule has 6 nitrogen and oxygen atoms in total. The molecule has 0 radical (unpaired) electrons. The fraction of sp³-hybridized carbons (Fsp3) is 0.421. The summed E-state index contributed by atoms with van der Waals surface area (Å²) < 4.78 is 48.7. The van der Waals surface area contributed by atoms with Gasteiger partial charge in [0.15, 0.2) is 11.6 Å². The van der Waals surface area contributed by atoms with Crippen LogP contribution in [-0.2, 0) is 10.0 Å². The lowest BCUT2D eigenvalue weighted by atomic mass is 9.97. The SMILES string of the molecule is COc1ccc(S(=O)(=O)N2CCCC(c3nc(C)n4c(C)csc34)C2)cc1F. The standard InChI is InChI=1S/C19H22FN3O3S2/c1-12-11-27-19-18(21-13(2)23(12)19)14-5-4-8-22(10-14)28(24,25)15-6-7-17(26-3)16(20)9-15/h6-7,9,11,14H,4-5,8,10H2,1-3H3. The summed E-state index contributed by atoms with van der Waals surface area (Å²) in [5, 5.41) is 2.09. The zero-order valence-corrected chi connectivity index (χ0v) is 17.6. The summed E-state index contributed by atoms with van der Waals surface area (Å²) >= 11 is 1.64. The van der Waals surface area contributed by atoms with Gasteiger partial charge in [-0.25, -0.2) is 17.8 Å². The molecule has 1 aromatic carbocycles. The van der Waals surface area contributed by atoms with Crippen molar-refractivity contribution in [3.63, 3.8) is 0 Å². The van der Waals surface area contributed by atoms with E-state index >= 15 is 0 Å². The highest BCUT2D eigenvalue weighted by Crippen LogP contribution is 2.35. The van der Waals surface area contributed by atoms with E-state index < -0.39 is 15.8 Å². The van der Waals surface area contributed by atoms with Gasteiger partial charge < -0.3 is 4.74 Å². The second-order valence-electron chi connectivity index (χ2n) is 7.06. The molecular weight excluding hydrogens is 401 g/mol. The molecule has 1 aliphatic rings. The molecule has 150 valence electrons. The third kappa shape index (κ3) is 3.11. The van der Waals surface area contributed by atoms with Gasteiger partial charge in [0.05, 0.1) is 17.7 Å². The molecule has 1 saturated heterocycles. The molecule has 0 amide bonds. The molecule has 1 fully saturated rings. The van der Waals surface area contributed by atoms with Crippen LogP contribution in [0.3, 0.4) is 0 Å². The second-order valence-corrected chi connectivity index (χ2v) is 9.86. The Morgan fingerprint density at radius 2 is 2.11 bits per heavy atom. The molecule has 2 aromatic heterocycles. The zero-order chi connectivity index (χ0) is 20.1. The number of benzene rings is 1. The van der Waals surface area contributed by atoms with Crippen LogP contribution in [0.1, 0.15) is 36.0 Å². The number of rotatable bonds is 4. The maximum absolute atomic E-state index is 14.0. The fourth-order valence-electron chi connectivity index (χ4n) is 3.86. The van der Waals surface area contributed by atoms with E-state index in [0.717, 1.165) is 41.0 Å². The van der Waals surface area contributed by atoms with Crippen LogP contribution in [0.4, 0.5) is 4.39 Å². The summed E-state index contributed by atoms with van der Waals surface area (Å²) in [4.78, 5) is 5.76. The molecule has 1 atom stereocenters. The predicted octanol–water partition coefficient (Wildman–Crippen LogP) is 3.73. The first kappa shape index (κ1) is 19.4. The van der Waals surface area contributed by atoms with Crippen molar-refractivity contribution in [1.82, 2.24) is 13.7 Å². The average Bonchev–Trinajstić information content (AvgIpc) is 3.22. The lowest BCUT2D eigenvalue weighted by Gasteiger charge is -2.31. The Balaban J connectivity index is 1.65. The number of sulfonamides is 1. The normalized spacial score (nSPS) is 18.6. The molecule has 9 heteroatoms. The number of imidazole rings is 1. The summed E-state index contributed by atoms with van der Waals surface area (Å²) in [6.07, 6.45) is 1.62. The number of piperidine rings is 1. The van der Waals surface area contributed by atoms with Gasteiger partial charge in [0.25, 0.3) is 0 Å². The molecule has 1 aliphatic heterocycles. The molecule has 0 spiro atoms. The van der Waals surface area contributed by atoms with Crippen LogP contribution < -0.4 is 4.74 Å². The Kier molecular flexibility index (Phi) is 4.93. The van der Waals surface area contributed by atoms with Crippen LogP contribution in [0, 0.1) is 19.7 Å². The van der Waals surface area contributed by atoms with E-state index in [0.29, 0.717) is 13.1 Å². The fourth-order valence-corrected chi connectivity index (χ4v) is 6.50. The van der Waals surface area contributed by atoms with Gasteiger partial charge in [-0.1, -0.05) is 0 Å². The van der Waals surface area contributed by atoms with Gasteiger partial charge in [-0.2, -0.15) is 4.31 Å². The van der Waals surface area contributed by atoms with E-state index in [1.807, 2.05) is 13.8 Å². The third-order valence-electron chi connectivity index (χ3n) is 5.25. The number of halogens is 1. The van der Waals surface area contributed by atoms with Crippen molar-refractivity contribution in [2.24, 2.45) is 0 Å². The van der Waals surface area contributed by atoms with Crippen LogP contribution >= 0.6 is 11.3 Å². The molecule has 4 rings (SSSR count). The van der Waals surface area contributed by atoms with E-state index in [4.69, 9.17) is 9.72 Å². The summed E-state index contributed by atoms with van der Waals surface area (Å²) in [5.41, 5.74) is 2.08. The predicted molar refractivity (Wildman–Crippen MR) is 106 cm³/mol. The van der Waals surface area contributed by atoms with Crippen molar-refractivity contribution in [1.29, 1.82) is 0 Å². The molecule has 3 heterocycles. The van der Waals surface area contributed by atoms with Crippen LogP contribution in [0.15, 0.2) is 28.5 Å². The first-order valence-corrected chi connectivity index (χ1v) is 11.4. The van der Waals surface area contributed by atoms with Gasteiger partial charge in [0, 0.05) is 30.1 Å². The van der Waals surface area contributed by atoms with Crippen molar-refractivity contribution >= 4 is 26.2 Å². The Morgan fingerprint density at radius 3 is 2.82 bits per heavy atom. The van der Waals surface area contributed by atoms with Crippen molar-refractivity contribution in [2.45, 2.75) is 37.5 Å². The van der Waals surface area contributed by atoms with Crippen LogP contribution in [0.25, 0.3) is 4.83 Å². The minimum absolute atomic E-state index is 0.0216. The maximum Gasteiger partial charge on any atom is 0.243 e. The molecule has 28 heavy (non-hydrogen) atoms. The summed E-state index contributed by atoms with van der Waals surface area (Å²) in [5.74, 6) is 0.284. The Hall–Kier alpha value is -1.97.